The fourth-order valence-electron chi connectivity index (χ4n) is 2.13. The standard InChI is InChI=1S/C16H14FN5O2/c17-12-4-1-3-11(7-12)14(23)8-15(24)21-13-9-20-22(10-13)16-18-5-2-6-19-16/h1-7,9-10,14,23H,8H2,(H,21,24). The molecule has 1 amide bonds. The number of hydrogen-bond donors (Lipinski definition) is 2. The molecular weight excluding hydrogens is 313 g/mol. The van der Waals surface area contributed by atoms with Crippen molar-refractivity contribution in [2.45, 2.75) is 12.5 Å². The Morgan fingerprint density at radius 3 is 2.83 bits per heavy atom. The van der Waals surface area contributed by atoms with E-state index in [-0.39, 0.29) is 6.42 Å². The van der Waals surface area contributed by atoms with Crippen molar-refractivity contribution in [3.05, 3.63) is 66.5 Å². The third-order valence-corrected chi connectivity index (χ3v) is 3.24. The van der Waals surface area contributed by atoms with Gasteiger partial charge < -0.3 is 10.4 Å². The van der Waals surface area contributed by atoms with E-state index in [1.807, 2.05) is 0 Å². The minimum Gasteiger partial charge on any atom is -0.388 e. The molecule has 1 atom stereocenters. The van der Waals surface area contributed by atoms with Gasteiger partial charge in [-0.05, 0) is 23.8 Å². The van der Waals surface area contributed by atoms with E-state index in [1.165, 1.54) is 29.1 Å². The number of aliphatic hydroxyl groups excluding tert-OH is 1. The van der Waals surface area contributed by atoms with E-state index < -0.39 is 17.8 Å². The van der Waals surface area contributed by atoms with E-state index >= 15 is 0 Å². The van der Waals surface area contributed by atoms with Gasteiger partial charge in [-0.25, -0.2) is 19.0 Å². The van der Waals surface area contributed by atoms with Gasteiger partial charge >= 0.3 is 0 Å². The van der Waals surface area contributed by atoms with Gasteiger partial charge in [0, 0.05) is 12.4 Å². The van der Waals surface area contributed by atoms with Gasteiger partial charge in [0.05, 0.1) is 30.6 Å². The number of hydrogen-bond acceptors (Lipinski definition) is 5. The molecule has 2 heterocycles. The number of rotatable bonds is 5. The third kappa shape index (κ3) is 3.79. The molecule has 0 aliphatic carbocycles. The molecule has 1 aromatic carbocycles. The van der Waals surface area contributed by atoms with Gasteiger partial charge in [0.15, 0.2) is 0 Å². The Morgan fingerprint density at radius 1 is 1.29 bits per heavy atom. The van der Waals surface area contributed by atoms with E-state index in [2.05, 4.69) is 20.4 Å². The molecule has 0 bridgehead atoms. The lowest BCUT2D eigenvalue weighted by Crippen LogP contribution is -2.15. The van der Waals surface area contributed by atoms with Gasteiger partial charge in [0.1, 0.15) is 5.82 Å². The summed E-state index contributed by atoms with van der Waals surface area (Å²) in [6.45, 7) is 0. The average Bonchev–Trinajstić information content (AvgIpc) is 3.04. The van der Waals surface area contributed by atoms with Crippen molar-refractivity contribution in [2.24, 2.45) is 0 Å². The molecule has 1 unspecified atom stereocenters. The molecule has 0 aliphatic heterocycles. The summed E-state index contributed by atoms with van der Waals surface area (Å²) in [4.78, 5) is 20.1. The molecular formula is C16H14FN5O2. The number of nitrogens with one attached hydrogen (secondary N) is 1. The normalized spacial score (nSPS) is 11.9. The summed E-state index contributed by atoms with van der Waals surface area (Å²) in [5, 5.41) is 16.7. The number of carbonyl (C=O) groups excluding carboxylic acids is 1. The van der Waals surface area contributed by atoms with Crippen LogP contribution in [0.4, 0.5) is 10.1 Å². The second-order valence-electron chi connectivity index (χ2n) is 5.05. The number of halogens is 1. The highest BCUT2D eigenvalue weighted by Crippen LogP contribution is 2.18. The topological polar surface area (TPSA) is 92.9 Å². The van der Waals surface area contributed by atoms with Crippen LogP contribution in [-0.2, 0) is 4.79 Å². The number of amides is 1. The van der Waals surface area contributed by atoms with Crippen molar-refractivity contribution in [3.63, 3.8) is 0 Å². The zero-order valence-corrected chi connectivity index (χ0v) is 12.5. The molecule has 24 heavy (non-hydrogen) atoms. The summed E-state index contributed by atoms with van der Waals surface area (Å²) < 4.78 is 14.6. The lowest BCUT2D eigenvalue weighted by Gasteiger charge is -2.10. The van der Waals surface area contributed by atoms with E-state index in [0.29, 0.717) is 17.2 Å². The molecule has 0 saturated heterocycles. The van der Waals surface area contributed by atoms with E-state index in [9.17, 15) is 14.3 Å². The van der Waals surface area contributed by atoms with Gasteiger partial charge in [-0.15, -0.1) is 0 Å². The van der Waals surface area contributed by atoms with Gasteiger partial charge in [-0.2, -0.15) is 5.10 Å². The smallest absolute Gasteiger partial charge is 0.250 e. The van der Waals surface area contributed by atoms with E-state index in [0.717, 1.165) is 0 Å². The number of nitrogens with zero attached hydrogens (tertiary/aromatic N) is 4. The van der Waals surface area contributed by atoms with Crippen molar-refractivity contribution < 1.29 is 14.3 Å². The zero-order valence-electron chi connectivity index (χ0n) is 12.5. The highest BCUT2D eigenvalue weighted by molar-refractivity contribution is 5.90. The molecule has 0 spiro atoms. The van der Waals surface area contributed by atoms with Gasteiger partial charge in [-0.3, -0.25) is 4.79 Å². The van der Waals surface area contributed by atoms with Gasteiger partial charge in [0.25, 0.3) is 0 Å². The zero-order chi connectivity index (χ0) is 16.9. The number of anilines is 1. The van der Waals surface area contributed by atoms with E-state index in [4.69, 9.17) is 0 Å². The SMILES string of the molecule is O=C(CC(O)c1cccc(F)c1)Nc1cnn(-c2ncccn2)c1. The highest BCUT2D eigenvalue weighted by Gasteiger charge is 2.14. The predicted molar refractivity (Wildman–Crippen MR) is 83.8 cm³/mol. The third-order valence-electron chi connectivity index (χ3n) is 3.24. The first-order valence-electron chi connectivity index (χ1n) is 7.17. The maximum absolute atomic E-state index is 13.1. The second kappa shape index (κ2) is 6.97. The van der Waals surface area contributed by atoms with Crippen LogP contribution in [0.3, 0.4) is 0 Å². The second-order valence-corrected chi connectivity index (χ2v) is 5.05. The molecule has 122 valence electrons. The molecule has 3 aromatic rings. The van der Waals surface area contributed by atoms with Crippen molar-refractivity contribution in [2.75, 3.05) is 5.32 Å². The Balaban J connectivity index is 1.62. The number of aromatic nitrogens is 4. The summed E-state index contributed by atoms with van der Waals surface area (Å²) in [5.41, 5.74) is 0.789. The number of benzene rings is 1. The largest absolute Gasteiger partial charge is 0.388 e. The first-order chi connectivity index (χ1) is 11.6. The summed E-state index contributed by atoms with van der Waals surface area (Å²) in [6.07, 6.45) is 4.88. The predicted octanol–water partition coefficient (Wildman–Crippen LogP) is 1.86. The fraction of sp³-hybridized carbons (Fsp3) is 0.125. The van der Waals surface area contributed by atoms with Crippen molar-refractivity contribution in [3.8, 4) is 5.95 Å². The molecule has 2 N–H and O–H groups in total. The van der Waals surface area contributed by atoms with Crippen LogP contribution in [0.15, 0.2) is 55.1 Å². The lowest BCUT2D eigenvalue weighted by molar-refractivity contribution is -0.118. The quantitative estimate of drug-likeness (QED) is 0.746. The minimum atomic E-state index is -1.09. The maximum Gasteiger partial charge on any atom is 0.250 e. The van der Waals surface area contributed by atoms with Gasteiger partial charge in [-0.1, -0.05) is 12.1 Å². The van der Waals surface area contributed by atoms with Crippen LogP contribution >= 0.6 is 0 Å². The molecule has 2 aromatic heterocycles. The van der Waals surface area contributed by atoms with E-state index in [1.54, 1.807) is 30.7 Å². The van der Waals surface area contributed by atoms with Crippen molar-refractivity contribution in [1.29, 1.82) is 0 Å². The summed E-state index contributed by atoms with van der Waals surface area (Å²) in [6, 6.07) is 7.20. The van der Waals surface area contributed by atoms with Crippen LogP contribution in [0.25, 0.3) is 5.95 Å². The first-order valence-corrected chi connectivity index (χ1v) is 7.17. The van der Waals surface area contributed by atoms with Gasteiger partial charge in [0.2, 0.25) is 11.9 Å². The van der Waals surface area contributed by atoms with Crippen LogP contribution in [-0.4, -0.2) is 30.8 Å². The highest BCUT2D eigenvalue weighted by atomic mass is 19.1. The Hall–Kier alpha value is -3.13. The summed E-state index contributed by atoms with van der Waals surface area (Å²) in [7, 11) is 0. The number of carbonyl (C=O) groups is 1. The monoisotopic (exact) mass is 327 g/mol. The molecule has 0 radical (unpaired) electrons. The molecule has 8 heteroatoms. The Morgan fingerprint density at radius 2 is 2.08 bits per heavy atom. The molecule has 0 saturated carbocycles. The van der Waals surface area contributed by atoms with Crippen molar-refractivity contribution in [1.82, 2.24) is 19.7 Å². The van der Waals surface area contributed by atoms with Crippen molar-refractivity contribution >= 4 is 11.6 Å². The summed E-state index contributed by atoms with van der Waals surface area (Å²) in [5.74, 6) is -0.505. The lowest BCUT2D eigenvalue weighted by atomic mass is 10.1. The molecule has 0 aliphatic rings. The number of aliphatic hydroxyl groups is 1. The van der Waals surface area contributed by atoms with Crippen LogP contribution in [0.5, 0.6) is 0 Å². The minimum absolute atomic E-state index is 0.198. The Labute approximate surface area is 136 Å². The van der Waals surface area contributed by atoms with Crippen LogP contribution in [0, 0.1) is 5.82 Å². The molecule has 0 fully saturated rings. The van der Waals surface area contributed by atoms with Crippen LogP contribution < -0.4 is 5.32 Å². The maximum atomic E-state index is 13.1. The first kappa shape index (κ1) is 15.8. The fourth-order valence-corrected chi connectivity index (χ4v) is 2.13. The molecule has 3 rings (SSSR count). The molecule has 7 nitrogen and oxygen atoms in total. The van der Waals surface area contributed by atoms with Crippen LogP contribution in [0.1, 0.15) is 18.1 Å². The average molecular weight is 327 g/mol. The Kier molecular flexibility index (Phi) is 4.57. The summed E-state index contributed by atoms with van der Waals surface area (Å²) >= 11 is 0. The Bertz CT molecular complexity index is 837. The van der Waals surface area contributed by atoms with Crippen LogP contribution in [0.2, 0.25) is 0 Å².